The standard InChI is InChI=1S/C23H24BrN3O/c1-15-9-10-19(16(2)11-15)13-23(28)26-25-14-20-12-17(3)27(18(20)4)22-8-6-5-7-21(22)24/h5-12,14H,13H2,1-4H3,(H,26,28)/b25-14+. The van der Waals surface area contributed by atoms with Gasteiger partial charge in [-0.15, -0.1) is 0 Å². The first-order valence-corrected chi connectivity index (χ1v) is 9.98. The molecule has 144 valence electrons. The smallest absolute Gasteiger partial charge is 0.244 e. The first-order valence-electron chi connectivity index (χ1n) is 9.18. The van der Waals surface area contributed by atoms with Gasteiger partial charge in [0.25, 0.3) is 0 Å². The molecule has 4 nitrogen and oxygen atoms in total. The molecule has 3 rings (SSSR count). The van der Waals surface area contributed by atoms with Crippen molar-refractivity contribution >= 4 is 28.1 Å². The van der Waals surface area contributed by atoms with Crippen LogP contribution in [0.5, 0.6) is 0 Å². The number of carbonyl (C=O) groups excluding carboxylic acids is 1. The van der Waals surface area contributed by atoms with Crippen LogP contribution in [0.25, 0.3) is 5.69 Å². The molecule has 0 aliphatic rings. The summed E-state index contributed by atoms with van der Waals surface area (Å²) < 4.78 is 3.20. The molecule has 1 N–H and O–H groups in total. The zero-order valence-electron chi connectivity index (χ0n) is 16.6. The van der Waals surface area contributed by atoms with Crippen LogP contribution in [0.3, 0.4) is 0 Å². The summed E-state index contributed by atoms with van der Waals surface area (Å²) >= 11 is 3.61. The van der Waals surface area contributed by atoms with Gasteiger partial charge in [-0.25, -0.2) is 5.43 Å². The Morgan fingerprint density at radius 2 is 1.86 bits per heavy atom. The fourth-order valence-electron chi connectivity index (χ4n) is 3.35. The Hall–Kier alpha value is -2.66. The number of nitrogens with zero attached hydrogens (tertiary/aromatic N) is 2. The fourth-order valence-corrected chi connectivity index (χ4v) is 3.81. The van der Waals surface area contributed by atoms with Gasteiger partial charge in [0.05, 0.1) is 18.3 Å². The molecule has 1 heterocycles. The highest BCUT2D eigenvalue weighted by Crippen LogP contribution is 2.26. The van der Waals surface area contributed by atoms with Gasteiger partial charge in [-0.05, 0) is 73.0 Å². The molecule has 3 aromatic rings. The van der Waals surface area contributed by atoms with Crippen molar-refractivity contribution in [2.24, 2.45) is 5.10 Å². The van der Waals surface area contributed by atoms with Crippen LogP contribution in [0.15, 0.2) is 58.1 Å². The van der Waals surface area contributed by atoms with Crippen LogP contribution in [0.2, 0.25) is 0 Å². The Bertz CT molecular complexity index is 1050. The van der Waals surface area contributed by atoms with Gasteiger partial charge in [0, 0.05) is 21.4 Å². The molecule has 1 aromatic heterocycles. The molecular weight excluding hydrogens is 414 g/mol. The van der Waals surface area contributed by atoms with Crippen molar-refractivity contribution in [3.05, 3.63) is 86.6 Å². The summed E-state index contributed by atoms with van der Waals surface area (Å²) in [5.74, 6) is -0.122. The molecule has 28 heavy (non-hydrogen) atoms. The third-order valence-corrected chi connectivity index (χ3v) is 5.48. The number of hydrogen-bond acceptors (Lipinski definition) is 2. The Morgan fingerprint density at radius 3 is 2.57 bits per heavy atom. The number of para-hydroxylation sites is 1. The third kappa shape index (κ3) is 4.42. The van der Waals surface area contributed by atoms with E-state index in [1.807, 2.05) is 51.1 Å². The van der Waals surface area contributed by atoms with E-state index < -0.39 is 0 Å². The molecule has 0 radical (unpaired) electrons. The molecule has 2 aromatic carbocycles. The highest BCUT2D eigenvalue weighted by molar-refractivity contribution is 9.10. The van der Waals surface area contributed by atoms with Crippen LogP contribution in [0, 0.1) is 27.7 Å². The summed E-state index contributed by atoms with van der Waals surface area (Å²) in [5, 5.41) is 4.17. The van der Waals surface area contributed by atoms with Crippen LogP contribution in [0.1, 0.15) is 33.6 Å². The third-order valence-electron chi connectivity index (χ3n) is 4.81. The van der Waals surface area contributed by atoms with E-state index in [2.05, 4.69) is 56.1 Å². The van der Waals surface area contributed by atoms with Gasteiger partial charge >= 0.3 is 0 Å². The Morgan fingerprint density at radius 1 is 1.11 bits per heavy atom. The molecule has 0 aliphatic carbocycles. The maximum Gasteiger partial charge on any atom is 0.244 e. The summed E-state index contributed by atoms with van der Waals surface area (Å²) in [7, 11) is 0. The summed E-state index contributed by atoms with van der Waals surface area (Å²) in [5.41, 5.74) is 10.2. The summed E-state index contributed by atoms with van der Waals surface area (Å²) in [6.07, 6.45) is 2.02. The monoisotopic (exact) mass is 437 g/mol. The van der Waals surface area contributed by atoms with Gasteiger partial charge in [0.15, 0.2) is 0 Å². The summed E-state index contributed by atoms with van der Waals surface area (Å²) in [4.78, 5) is 12.2. The highest BCUT2D eigenvalue weighted by atomic mass is 79.9. The molecule has 0 unspecified atom stereocenters. The molecule has 0 aliphatic heterocycles. The van der Waals surface area contributed by atoms with Crippen molar-refractivity contribution in [1.29, 1.82) is 0 Å². The first kappa shape index (κ1) is 20.1. The lowest BCUT2D eigenvalue weighted by Crippen LogP contribution is -2.20. The molecule has 0 fully saturated rings. The minimum absolute atomic E-state index is 0.122. The second-order valence-electron chi connectivity index (χ2n) is 7.01. The van der Waals surface area contributed by atoms with E-state index >= 15 is 0 Å². The van der Waals surface area contributed by atoms with Crippen molar-refractivity contribution < 1.29 is 4.79 Å². The molecule has 1 amide bonds. The van der Waals surface area contributed by atoms with Gasteiger partial charge in [-0.3, -0.25) is 4.79 Å². The number of halogens is 1. The number of aryl methyl sites for hydroxylation is 3. The lowest BCUT2D eigenvalue weighted by atomic mass is 10.0. The predicted octanol–water partition coefficient (Wildman–Crippen LogP) is 5.17. The average Bonchev–Trinajstić information content (AvgIpc) is 2.92. The molecular formula is C23H24BrN3O. The molecule has 0 saturated heterocycles. The van der Waals surface area contributed by atoms with Gasteiger partial charge < -0.3 is 4.57 Å². The second-order valence-corrected chi connectivity index (χ2v) is 7.87. The first-order chi connectivity index (χ1) is 13.4. The average molecular weight is 438 g/mol. The number of hydrogen-bond donors (Lipinski definition) is 1. The number of hydrazone groups is 1. The van der Waals surface area contributed by atoms with Crippen LogP contribution >= 0.6 is 15.9 Å². The van der Waals surface area contributed by atoms with Gasteiger partial charge in [-0.1, -0.05) is 35.9 Å². The Labute approximate surface area is 174 Å². The number of nitrogens with one attached hydrogen (secondary N) is 1. The summed E-state index contributed by atoms with van der Waals surface area (Å²) in [6.45, 7) is 8.18. The van der Waals surface area contributed by atoms with E-state index in [0.717, 1.165) is 38.2 Å². The SMILES string of the molecule is Cc1ccc(CC(=O)N/N=C/c2cc(C)n(-c3ccccc3Br)c2C)c(C)c1. The van der Waals surface area contributed by atoms with Crippen molar-refractivity contribution in [2.45, 2.75) is 34.1 Å². The minimum atomic E-state index is -0.122. The Balaban J connectivity index is 1.72. The van der Waals surface area contributed by atoms with Gasteiger partial charge in [-0.2, -0.15) is 5.10 Å². The van der Waals surface area contributed by atoms with E-state index in [1.54, 1.807) is 6.21 Å². The largest absolute Gasteiger partial charge is 0.317 e. The topological polar surface area (TPSA) is 46.4 Å². The van der Waals surface area contributed by atoms with E-state index in [4.69, 9.17) is 0 Å². The number of amides is 1. The quantitative estimate of drug-likeness (QED) is 0.434. The molecule has 0 bridgehead atoms. The van der Waals surface area contributed by atoms with E-state index in [0.29, 0.717) is 6.42 Å². The number of carbonyl (C=O) groups is 1. The molecule has 0 spiro atoms. The minimum Gasteiger partial charge on any atom is -0.317 e. The number of rotatable bonds is 5. The fraction of sp³-hybridized carbons (Fsp3) is 0.217. The van der Waals surface area contributed by atoms with E-state index in [-0.39, 0.29) is 5.91 Å². The zero-order valence-corrected chi connectivity index (χ0v) is 18.2. The number of aromatic nitrogens is 1. The highest BCUT2D eigenvalue weighted by Gasteiger charge is 2.11. The second kappa shape index (κ2) is 8.57. The Kier molecular flexibility index (Phi) is 6.15. The van der Waals surface area contributed by atoms with Crippen LogP contribution < -0.4 is 5.43 Å². The molecule has 0 saturated carbocycles. The van der Waals surface area contributed by atoms with Gasteiger partial charge in [0.2, 0.25) is 5.91 Å². The normalized spacial score (nSPS) is 11.2. The van der Waals surface area contributed by atoms with Crippen LogP contribution in [-0.2, 0) is 11.2 Å². The van der Waals surface area contributed by atoms with Crippen molar-refractivity contribution in [1.82, 2.24) is 9.99 Å². The maximum atomic E-state index is 12.2. The van der Waals surface area contributed by atoms with Crippen molar-refractivity contribution in [3.8, 4) is 5.69 Å². The summed E-state index contributed by atoms with van der Waals surface area (Å²) in [6, 6.07) is 16.3. The predicted molar refractivity (Wildman–Crippen MR) is 118 cm³/mol. The van der Waals surface area contributed by atoms with E-state index in [9.17, 15) is 4.79 Å². The maximum absolute atomic E-state index is 12.2. The van der Waals surface area contributed by atoms with Crippen molar-refractivity contribution in [3.63, 3.8) is 0 Å². The lowest BCUT2D eigenvalue weighted by Gasteiger charge is -2.11. The van der Waals surface area contributed by atoms with Crippen LogP contribution in [-0.4, -0.2) is 16.7 Å². The van der Waals surface area contributed by atoms with E-state index in [1.165, 1.54) is 5.56 Å². The van der Waals surface area contributed by atoms with Gasteiger partial charge in [0.1, 0.15) is 0 Å². The zero-order chi connectivity index (χ0) is 20.3. The molecule has 0 atom stereocenters. The number of benzene rings is 2. The lowest BCUT2D eigenvalue weighted by molar-refractivity contribution is -0.120. The molecule has 5 heteroatoms. The van der Waals surface area contributed by atoms with Crippen LogP contribution in [0.4, 0.5) is 0 Å². The van der Waals surface area contributed by atoms with Crippen molar-refractivity contribution in [2.75, 3.05) is 0 Å².